The van der Waals surface area contributed by atoms with Gasteiger partial charge in [0.1, 0.15) is 5.75 Å². The number of pyridine rings is 1. The van der Waals surface area contributed by atoms with Crippen molar-refractivity contribution >= 4 is 27.8 Å². The van der Waals surface area contributed by atoms with E-state index in [1.165, 1.54) is 0 Å². The van der Waals surface area contributed by atoms with Crippen molar-refractivity contribution in [2.75, 3.05) is 0 Å². The molecule has 0 saturated carbocycles. The Morgan fingerprint density at radius 2 is 1.92 bits per heavy atom. The van der Waals surface area contributed by atoms with E-state index in [-0.39, 0.29) is 17.0 Å². The van der Waals surface area contributed by atoms with Gasteiger partial charge in [0.2, 0.25) is 0 Å². The molecule has 0 aliphatic heterocycles. The summed E-state index contributed by atoms with van der Waals surface area (Å²) in [5.41, 5.74) is 0.966. The lowest BCUT2D eigenvalue weighted by molar-refractivity contribution is 0.476. The minimum absolute atomic E-state index is 0. The first-order valence-corrected chi connectivity index (χ1v) is 3.81. The number of fused-ring (bicyclic) bond motifs is 1. The molecule has 0 radical (unpaired) electrons. The predicted molar refractivity (Wildman–Crippen MR) is 58.5 cm³/mol. The highest BCUT2D eigenvalue weighted by Crippen LogP contribution is 2.19. The number of halogens is 1. The fraction of sp³-hybridized carbons (Fsp3) is 0.100. The average molecular weight is 240 g/mol. The van der Waals surface area contributed by atoms with Crippen LogP contribution in [0.5, 0.6) is 5.75 Å². The molecule has 1 aromatic heterocycles. The summed E-state index contributed by atoms with van der Waals surface area (Å²) in [6.45, 7) is 1.93. The molecule has 1 aromatic carbocycles. The quantitative estimate of drug-likeness (QED) is 0.768. The van der Waals surface area contributed by atoms with Crippen LogP contribution in [0.3, 0.4) is 0 Å². The minimum atomic E-state index is 0. The molecular formula is C10H10BrNO. The number of aromatic nitrogens is 1. The highest BCUT2D eigenvalue weighted by Gasteiger charge is 1.95. The third-order valence-electron chi connectivity index (χ3n) is 1.84. The number of nitrogens with zero attached hydrogens (tertiary/aromatic N) is 1. The van der Waals surface area contributed by atoms with Crippen molar-refractivity contribution in [1.82, 2.24) is 4.98 Å². The van der Waals surface area contributed by atoms with Crippen molar-refractivity contribution in [3.05, 3.63) is 36.2 Å². The van der Waals surface area contributed by atoms with E-state index in [0.29, 0.717) is 5.75 Å². The van der Waals surface area contributed by atoms with Crippen LogP contribution in [0.25, 0.3) is 10.8 Å². The van der Waals surface area contributed by atoms with Crippen LogP contribution in [0.4, 0.5) is 0 Å². The van der Waals surface area contributed by atoms with Crippen LogP contribution in [0, 0.1) is 6.92 Å². The molecule has 1 heterocycles. The number of benzene rings is 1. The van der Waals surface area contributed by atoms with Crippen LogP contribution in [-0.4, -0.2) is 10.1 Å². The molecule has 0 saturated heterocycles. The third-order valence-corrected chi connectivity index (χ3v) is 1.84. The zero-order chi connectivity index (χ0) is 8.55. The standard InChI is InChI=1S/C10H9NO.BrH/c1-7-4-9-5-10(12)3-2-8(9)6-11-7;/h2-6,12H,1H3;1H. The maximum Gasteiger partial charge on any atom is 0.116 e. The van der Waals surface area contributed by atoms with Crippen molar-refractivity contribution in [3.63, 3.8) is 0 Å². The van der Waals surface area contributed by atoms with Gasteiger partial charge in [0.25, 0.3) is 0 Å². The van der Waals surface area contributed by atoms with Gasteiger partial charge >= 0.3 is 0 Å². The Morgan fingerprint density at radius 3 is 2.69 bits per heavy atom. The summed E-state index contributed by atoms with van der Waals surface area (Å²) in [6, 6.07) is 7.22. The first-order chi connectivity index (χ1) is 5.75. The molecule has 1 N–H and O–H groups in total. The van der Waals surface area contributed by atoms with Crippen molar-refractivity contribution in [2.45, 2.75) is 6.92 Å². The van der Waals surface area contributed by atoms with Crippen molar-refractivity contribution in [1.29, 1.82) is 0 Å². The van der Waals surface area contributed by atoms with Gasteiger partial charge in [-0.1, -0.05) is 0 Å². The predicted octanol–water partition coefficient (Wildman–Crippen LogP) is 2.83. The molecule has 0 amide bonds. The van der Waals surface area contributed by atoms with Crippen molar-refractivity contribution in [3.8, 4) is 5.75 Å². The number of hydrogen-bond acceptors (Lipinski definition) is 2. The van der Waals surface area contributed by atoms with E-state index >= 15 is 0 Å². The highest BCUT2D eigenvalue weighted by atomic mass is 79.9. The molecule has 2 nitrogen and oxygen atoms in total. The summed E-state index contributed by atoms with van der Waals surface area (Å²) in [5, 5.41) is 11.3. The summed E-state index contributed by atoms with van der Waals surface area (Å²) in [5.74, 6) is 0.299. The molecule has 0 aliphatic carbocycles. The number of hydrogen-bond donors (Lipinski definition) is 1. The number of aryl methyl sites for hydroxylation is 1. The molecule has 0 atom stereocenters. The van der Waals surface area contributed by atoms with E-state index in [1.54, 1.807) is 12.1 Å². The van der Waals surface area contributed by atoms with Crippen molar-refractivity contribution in [2.24, 2.45) is 0 Å². The minimum Gasteiger partial charge on any atom is -0.508 e. The largest absolute Gasteiger partial charge is 0.508 e. The first kappa shape index (κ1) is 9.99. The number of rotatable bonds is 0. The second kappa shape index (κ2) is 3.75. The molecule has 0 bridgehead atoms. The third kappa shape index (κ3) is 1.98. The summed E-state index contributed by atoms with van der Waals surface area (Å²) >= 11 is 0. The zero-order valence-corrected chi connectivity index (χ0v) is 8.90. The van der Waals surface area contributed by atoms with Crippen LogP contribution < -0.4 is 0 Å². The molecule has 2 rings (SSSR count). The molecule has 0 unspecified atom stereocenters. The van der Waals surface area contributed by atoms with Gasteiger partial charge in [0.05, 0.1) is 0 Å². The smallest absolute Gasteiger partial charge is 0.116 e. The van der Waals surface area contributed by atoms with Gasteiger partial charge < -0.3 is 5.11 Å². The number of phenolic OH excluding ortho intramolecular Hbond substituents is 1. The van der Waals surface area contributed by atoms with Gasteiger partial charge in [-0.05, 0) is 36.6 Å². The van der Waals surface area contributed by atoms with E-state index in [4.69, 9.17) is 0 Å². The van der Waals surface area contributed by atoms with E-state index in [9.17, 15) is 5.11 Å². The number of phenols is 1. The van der Waals surface area contributed by atoms with Crippen LogP contribution >= 0.6 is 17.0 Å². The van der Waals surface area contributed by atoms with Crippen LogP contribution in [0.2, 0.25) is 0 Å². The molecule has 13 heavy (non-hydrogen) atoms. The lowest BCUT2D eigenvalue weighted by Gasteiger charge is -1.98. The first-order valence-electron chi connectivity index (χ1n) is 3.81. The Morgan fingerprint density at radius 1 is 1.15 bits per heavy atom. The molecular weight excluding hydrogens is 230 g/mol. The summed E-state index contributed by atoms with van der Waals surface area (Å²) in [4.78, 5) is 4.16. The summed E-state index contributed by atoms with van der Waals surface area (Å²) in [6.07, 6.45) is 1.81. The summed E-state index contributed by atoms with van der Waals surface area (Å²) in [7, 11) is 0. The molecule has 0 fully saturated rings. The Bertz CT molecular complexity index is 391. The van der Waals surface area contributed by atoms with Gasteiger partial charge in [0, 0.05) is 17.3 Å². The van der Waals surface area contributed by atoms with Gasteiger partial charge in [-0.3, -0.25) is 4.98 Å². The molecule has 3 heteroatoms. The lowest BCUT2D eigenvalue weighted by atomic mass is 10.1. The van der Waals surface area contributed by atoms with E-state index in [0.717, 1.165) is 16.5 Å². The monoisotopic (exact) mass is 239 g/mol. The maximum atomic E-state index is 9.20. The second-order valence-corrected chi connectivity index (χ2v) is 2.86. The van der Waals surface area contributed by atoms with Crippen LogP contribution in [0.1, 0.15) is 5.69 Å². The Balaban J connectivity index is 0.000000845. The van der Waals surface area contributed by atoms with Gasteiger partial charge in [-0.15, -0.1) is 17.0 Å². The normalized spacial score (nSPS) is 9.62. The fourth-order valence-corrected chi connectivity index (χ4v) is 1.24. The molecule has 68 valence electrons. The number of aromatic hydroxyl groups is 1. The van der Waals surface area contributed by atoms with Crippen LogP contribution in [0.15, 0.2) is 30.5 Å². The van der Waals surface area contributed by atoms with Crippen LogP contribution in [-0.2, 0) is 0 Å². The Kier molecular flexibility index (Phi) is 2.88. The Labute approximate surface area is 87.0 Å². The van der Waals surface area contributed by atoms with Gasteiger partial charge in [0.15, 0.2) is 0 Å². The second-order valence-electron chi connectivity index (χ2n) is 2.86. The zero-order valence-electron chi connectivity index (χ0n) is 7.19. The Hall–Kier alpha value is -1.09. The summed E-state index contributed by atoms with van der Waals surface area (Å²) < 4.78 is 0. The molecule has 0 spiro atoms. The van der Waals surface area contributed by atoms with Crippen molar-refractivity contribution < 1.29 is 5.11 Å². The SMILES string of the molecule is Br.Cc1cc2cc(O)ccc2cn1. The highest BCUT2D eigenvalue weighted by molar-refractivity contribution is 8.93. The van der Waals surface area contributed by atoms with E-state index in [2.05, 4.69) is 4.98 Å². The topological polar surface area (TPSA) is 33.1 Å². The van der Waals surface area contributed by atoms with Gasteiger partial charge in [-0.25, -0.2) is 0 Å². The maximum absolute atomic E-state index is 9.20. The average Bonchev–Trinajstić information content (AvgIpc) is 2.03. The fourth-order valence-electron chi connectivity index (χ4n) is 1.24. The molecule has 2 aromatic rings. The molecule has 0 aliphatic rings. The van der Waals surface area contributed by atoms with Gasteiger partial charge in [-0.2, -0.15) is 0 Å². The van der Waals surface area contributed by atoms with E-state index in [1.807, 2.05) is 25.3 Å². The lowest BCUT2D eigenvalue weighted by Crippen LogP contribution is -1.80. The van der Waals surface area contributed by atoms with E-state index < -0.39 is 0 Å².